The van der Waals surface area contributed by atoms with Gasteiger partial charge in [-0.3, -0.25) is 5.32 Å². The van der Waals surface area contributed by atoms with Crippen molar-refractivity contribution in [1.29, 1.82) is 0 Å². The summed E-state index contributed by atoms with van der Waals surface area (Å²) in [5.74, 6) is 0.248. The summed E-state index contributed by atoms with van der Waals surface area (Å²) in [6.07, 6.45) is 4.41. The fourth-order valence-electron chi connectivity index (χ4n) is 5.97. The molecule has 2 unspecified atom stereocenters. The molecule has 0 fully saturated rings. The fraction of sp³-hybridized carbons (Fsp3) is 1.00. The third-order valence-corrected chi connectivity index (χ3v) is 11.0. The number of hydrogen-bond donors (Lipinski definition) is 1. The van der Waals surface area contributed by atoms with E-state index in [-0.39, 0.29) is 28.6 Å². The van der Waals surface area contributed by atoms with Gasteiger partial charge in [0.25, 0.3) is 0 Å². The van der Waals surface area contributed by atoms with Crippen LogP contribution in [0.3, 0.4) is 0 Å². The van der Waals surface area contributed by atoms with Gasteiger partial charge < -0.3 is 42.6 Å². The molecule has 0 radical (unpaired) electrons. The molecule has 0 aromatic carbocycles. The van der Waals surface area contributed by atoms with Crippen LogP contribution in [0.15, 0.2) is 0 Å². The van der Waals surface area contributed by atoms with E-state index in [1.54, 1.807) is 21.3 Å². The van der Waals surface area contributed by atoms with Crippen molar-refractivity contribution < 1.29 is 42.6 Å². The first-order chi connectivity index (χ1) is 24.0. The molecule has 0 aromatic rings. The Morgan fingerprint density at radius 2 is 0.925 bits per heavy atom. The zero-order valence-corrected chi connectivity index (χ0v) is 38.5. The van der Waals surface area contributed by atoms with Crippen molar-refractivity contribution in [2.45, 2.75) is 202 Å². The van der Waals surface area contributed by atoms with Gasteiger partial charge in [0, 0.05) is 47.6 Å². The van der Waals surface area contributed by atoms with Crippen molar-refractivity contribution >= 4 is 0 Å². The smallest absolute Gasteiger partial charge is 0.120 e. The molecule has 0 saturated carbocycles. The molecule has 53 heavy (non-hydrogen) atoms. The number of rotatable bonds is 32. The summed E-state index contributed by atoms with van der Waals surface area (Å²) in [5.41, 5.74) is -3.04. The van der Waals surface area contributed by atoms with Crippen LogP contribution in [0, 0.1) is 11.3 Å². The molecule has 10 heteroatoms. The minimum absolute atomic E-state index is 0.167. The first-order valence-electron chi connectivity index (χ1n) is 20.1. The average molecular weight is 764 g/mol. The van der Waals surface area contributed by atoms with Crippen LogP contribution in [0.2, 0.25) is 0 Å². The van der Waals surface area contributed by atoms with Crippen LogP contribution in [0.5, 0.6) is 0 Å². The molecule has 320 valence electrons. The summed E-state index contributed by atoms with van der Waals surface area (Å²) in [7, 11) is 5.13. The highest BCUT2D eigenvalue weighted by molar-refractivity contribution is 4.90. The first-order valence-corrected chi connectivity index (χ1v) is 20.1. The third kappa shape index (κ3) is 22.2. The van der Waals surface area contributed by atoms with E-state index >= 15 is 0 Å². The fourth-order valence-corrected chi connectivity index (χ4v) is 5.97. The zero-order valence-electron chi connectivity index (χ0n) is 38.5. The lowest BCUT2D eigenvalue weighted by molar-refractivity contribution is -0.199. The lowest BCUT2D eigenvalue weighted by atomic mass is 9.74. The van der Waals surface area contributed by atoms with E-state index in [9.17, 15) is 0 Å². The summed E-state index contributed by atoms with van der Waals surface area (Å²) in [5, 5.41) is 3.39. The lowest BCUT2D eigenvalue weighted by Crippen LogP contribution is -2.51. The average Bonchev–Trinajstić information content (AvgIpc) is 2.99. The van der Waals surface area contributed by atoms with Gasteiger partial charge in [-0.1, -0.05) is 27.7 Å². The predicted octanol–water partition coefficient (Wildman–Crippen LogP) is 9.35. The highest BCUT2D eigenvalue weighted by Crippen LogP contribution is 2.39. The number of hydrogen-bond acceptors (Lipinski definition) is 10. The summed E-state index contributed by atoms with van der Waals surface area (Å²) in [4.78, 5) is 0. The van der Waals surface area contributed by atoms with Crippen LogP contribution in [0.25, 0.3) is 0 Å². The van der Waals surface area contributed by atoms with Gasteiger partial charge in [0.1, 0.15) is 5.72 Å². The molecule has 1 N–H and O–H groups in total. The molecular formula is C43H89NO9. The molecule has 0 aliphatic rings. The summed E-state index contributed by atoms with van der Waals surface area (Å²) in [6, 6.07) is 0. The molecule has 0 aliphatic carbocycles. The van der Waals surface area contributed by atoms with Crippen molar-refractivity contribution in [3.05, 3.63) is 0 Å². The maximum Gasteiger partial charge on any atom is 0.120 e. The SMILES string of the molecule is COCCC(C)(C)OCCC(C)(C)OC(C)(C)CC(COC(C)(C)C(C)(C)CCOC(C)(C)CCOC)OC(C)(C)CCOC(C)(NCOC)C(C)C. The minimum Gasteiger partial charge on any atom is -0.385 e. The topological polar surface area (TPSA) is 95.1 Å². The maximum absolute atomic E-state index is 6.98. The largest absolute Gasteiger partial charge is 0.385 e. The minimum atomic E-state index is -0.517. The summed E-state index contributed by atoms with van der Waals surface area (Å²) >= 11 is 0. The Bertz CT molecular complexity index is 977. The molecule has 0 aromatic heterocycles. The van der Waals surface area contributed by atoms with E-state index in [0.717, 1.165) is 25.7 Å². The normalized spacial score (nSPS) is 16.0. The standard InChI is InChI=1S/C43H89NO9/c1-34(2)43(17,44-33-47-20)50-30-24-39(9,10)52-35(31-41(13,14)53-40(11,12)25-29-49-38(7,8)23-27-46-19)32-51-42(15,16)36(3,4)21-28-48-37(5,6)22-26-45-18/h34-35,44H,21-33H2,1-20H3. The predicted molar refractivity (Wildman–Crippen MR) is 218 cm³/mol. The molecule has 0 spiro atoms. The Labute approximate surface area is 328 Å². The second kappa shape index (κ2) is 22.5. The Balaban J connectivity index is 5.93. The summed E-state index contributed by atoms with van der Waals surface area (Å²) in [6.45, 7) is 40.5. The van der Waals surface area contributed by atoms with Gasteiger partial charge in [-0.05, 0) is 133 Å². The van der Waals surface area contributed by atoms with Crippen LogP contribution >= 0.6 is 0 Å². The van der Waals surface area contributed by atoms with Gasteiger partial charge in [-0.15, -0.1) is 0 Å². The molecule has 0 rings (SSSR count). The van der Waals surface area contributed by atoms with E-state index in [2.05, 4.69) is 123 Å². The van der Waals surface area contributed by atoms with Crippen molar-refractivity contribution in [1.82, 2.24) is 5.32 Å². The van der Waals surface area contributed by atoms with Crippen LogP contribution in [0.4, 0.5) is 0 Å². The number of methoxy groups -OCH3 is 3. The molecular weight excluding hydrogens is 674 g/mol. The highest BCUT2D eigenvalue weighted by Gasteiger charge is 2.41. The highest BCUT2D eigenvalue weighted by atomic mass is 16.6. The quantitative estimate of drug-likeness (QED) is 0.0668. The maximum atomic E-state index is 6.98. The van der Waals surface area contributed by atoms with E-state index in [4.69, 9.17) is 42.6 Å². The molecule has 0 heterocycles. The Hall–Kier alpha value is -0.400. The van der Waals surface area contributed by atoms with Gasteiger partial charge in [-0.2, -0.15) is 0 Å². The van der Waals surface area contributed by atoms with Gasteiger partial charge in [-0.25, -0.2) is 0 Å². The van der Waals surface area contributed by atoms with Crippen molar-refractivity contribution in [3.8, 4) is 0 Å². The lowest BCUT2D eigenvalue weighted by Gasteiger charge is -2.44. The molecule has 0 bridgehead atoms. The molecule has 10 nitrogen and oxygen atoms in total. The number of nitrogens with one attached hydrogen (secondary N) is 1. The second-order valence-corrected chi connectivity index (χ2v) is 19.7. The van der Waals surface area contributed by atoms with E-state index in [1.165, 1.54) is 0 Å². The number of ether oxygens (including phenoxy) is 9. The van der Waals surface area contributed by atoms with Crippen molar-refractivity contribution in [2.75, 3.05) is 67.7 Å². The van der Waals surface area contributed by atoms with Crippen LogP contribution in [-0.4, -0.2) is 113 Å². The van der Waals surface area contributed by atoms with Gasteiger partial charge in [0.2, 0.25) is 0 Å². The summed E-state index contributed by atoms with van der Waals surface area (Å²) < 4.78 is 55.5. The Morgan fingerprint density at radius 3 is 1.40 bits per heavy atom. The van der Waals surface area contributed by atoms with Gasteiger partial charge in [0.05, 0.1) is 66.3 Å². The van der Waals surface area contributed by atoms with Crippen LogP contribution in [-0.2, 0) is 42.6 Å². The van der Waals surface area contributed by atoms with Crippen LogP contribution < -0.4 is 5.32 Å². The second-order valence-electron chi connectivity index (χ2n) is 19.7. The molecule has 0 amide bonds. The molecule has 0 saturated heterocycles. The molecule has 2 atom stereocenters. The first kappa shape index (κ1) is 52.6. The van der Waals surface area contributed by atoms with Crippen molar-refractivity contribution in [2.24, 2.45) is 11.3 Å². The Kier molecular flexibility index (Phi) is 22.3. The van der Waals surface area contributed by atoms with Crippen molar-refractivity contribution in [3.63, 3.8) is 0 Å². The monoisotopic (exact) mass is 764 g/mol. The Morgan fingerprint density at radius 1 is 0.472 bits per heavy atom. The van der Waals surface area contributed by atoms with E-state index < -0.39 is 28.1 Å². The van der Waals surface area contributed by atoms with Gasteiger partial charge in [0.15, 0.2) is 0 Å². The van der Waals surface area contributed by atoms with E-state index in [0.29, 0.717) is 59.2 Å². The zero-order chi connectivity index (χ0) is 41.4. The van der Waals surface area contributed by atoms with Crippen LogP contribution in [0.1, 0.15) is 156 Å². The molecule has 0 aliphatic heterocycles. The third-order valence-electron chi connectivity index (χ3n) is 11.0. The van der Waals surface area contributed by atoms with Gasteiger partial charge >= 0.3 is 0 Å². The van der Waals surface area contributed by atoms with E-state index in [1.807, 2.05) is 0 Å².